The lowest BCUT2D eigenvalue weighted by Crippen LogP contribution is -2.14. The maximum absolute atomic E-state index is 12.1. The van der Waals surface area contributed by atoms with Crippen molar-refractivity contribution >= 4 is 29.0 Å². The van der Waals surface area contributed by atoms with E-state index in [1.165, 1.54) is 11.1 Å². The molecule has 0 saturated heterocycles. The highest BCUT2D eigenvalue weighted by molar-refractivity contribution is 6.30. The maximum atomic E-state index is 12.1. The molecule has 3 rings (SSSR count). The number of benzene rings is 2. The molecule has 0 radical (unpaired) electrons. The summed E-state index contributed by atoms with van der Waals surface area (Å²) in [7, 11) is 0. The number of nitrogens with zero attached hydrogens (tertiary/aromatic N) is 1. The van der Waals surface area contributed by atoms with Crippen LogP contribution in [0, 0.1) is 6.92 Å². The number of anilines is 2. The summed E-state index contributed by atoms with van der Waals surface area (Å²) in [6, 6.07) is 19.2. The van der Waals surface area contributed by atoms with Gasteiger partial charge < -0.3 is 10.6 Å². The highest BCUT2D eigenvalue weighted by Crippen LogP contribution is 2.14. The topological polar surface area (TPSA) is 54.0 Å². The van der Waals surface area contributed by atoms with Crippen LogP contribution in [0.15, 0.2) is 66.9 Å². The normalized spacial score (nSPS) is 10.4. The van der Waals surface area contributed by atoms with E-state index in [2.05, 4.69) is 34.7 Å². The van der Waals surface area contributed by atoms with Crippen LogP contribution in [-0.2, 0) is 17.8 Å². The summed E-state index contributed by atoms with van der Waals surface area (Å²) in [6.45, 7) is 2.80. The first-order valence-corrected chi connectivity index (χ1v) is 8.77. The van der Waals surface area contributed by atoms with E-state index in [1.807, 2.05) is 36.4 Å². The Bertz CT molecular complexity index is 877. The second kappa shape index (κ2) is 8.50. The van der Waals surface area contributed by atoms with Crippen LogP contribution in [0.1, 0.15) is 16.7 Å². The van der Waals surface area contributed by atoms with E-state index in [0.717, 1.165) is 11.4 Å². The number of hydrogen-bond acceptors (Lipinski definition) is 3. The molecule has 26 heavy (non-hydrogen) atoms. The Hall–Kier alpha value is -2.85. The van der Waals surface area contributed by atoms with E-state index in [4.69, 9.17) is 11.6 Å². The van der Waals surface area contributed by atoms with Gasteiger partial charge in [0.05, 0.1) is 18.3 Å². The van der Waals surface area contributed by atoms with Gasteiger partial charge in [-0.05, 0) is 47.9 Å². The first-order chi connectivity index (χ1) is 12.6. The number of pyridine rings is 1. The van der Waals surface area contributed by atoms with Crippen molar-refractivity contribution in [1.29, 1.82) is 0 Å². The van der Waals surface area contributed by atoms with Crippen LogP contribution in [-0.4, -0.2) is 10.9 Å². The molecule has 3 aromatic rings. The van der Waals surface area contributed by atoms with Gasteiger partial charge in [0.25, 0.3) is 0 Å². The van der Waals surface area contributed by atoms with Crippen molar-refractivity contribution in [3.8, 4) is 0 Å². The number of aryl methyl sites for hydroxylation is 1. The van der Waals surface area contributed by atoms with Gasteiger partial charge in [-0.1, -0.05) is 48.0 Å². The number of nitrogens with one attached hydrogen (secondary N) is 2. The van der Waals surface area contributed by atoms with Crippen LogP contribution in [0.3, 0.4) is 0 Å². The third-order valence-corrected chi connectivity index (χ3v) is 4.30. The Kier molecular flexibility index (Phi) is 5.87. The standard InChI is InChI=1S/C21H20ClN3O/c1-15-4-2-3-5-17(15)13-23-20-11-10-19(14-24-20)25-21(26)12-16-6-8-18(22)9-7-16/h2-11,14H,12-13H2,1H3,(H,23,24)(H,25,26). The summed E-state index contributed by atoms with van der Waals surface area (Å²) in [5.41, 5.74) is 4.06. The molecule has 0 aliphatic rings. The number of rotatable bonds is 6. The molecule has 2 aromatic carbocycles. The molecule has 1 aromatic heterocycles. The average molecular weight is 366 g/mol. The number of amides is 1. The fourth-order valence-corrected chi connectivity index (χ4v) is 2.69. The monoisotopic (exact) mass is 365 g/mol. The smallest absolute Gasteiger partial charge is 0.228 e. The molecule has 0 unspecified atom stereocenters. The van der Waals surface area contributed by atoms with E-state index < -0.39 is 0 Å². The molecule has 0 aliphatic heterocycles. The van der Waals surface area contributed by atoms with E-state index >= 15 is 0 Å². The lowest BCUT2D eigenvalue weighted by molar-refractivity contribution is -0.115. The first kappa shape index (κ1) is 18.0. The molecule has 4 nitrogen and oxygen atoms in total. The summed E-state index contributed by atoms with van der Waals surface area (Å²) in [5.74, 6) is 0.679. The number of hydrogen-bond donors (Lipinski definition) is 2. The largest absolute Gasteiger partial charge is 0.366 e. The quantitative estimate of drug-likeness (QED) is 0.657. The molecule has 0 aliphatic carbocycles. The van der Waals surface area contributed by atoms with Crippen LogP contribution >= 0.6 is 11.6 Å². The lowest BCUT2D eigenvalue weighted by atomic mass is 10.1. The lowest BCUT2D eigenvalue weighted by Gasteiger charge is -2.09. The molecule has 0 spiro atoms. The van der Waals surface area contributed by atoms with Gasteiger partial charge in [0.15, 0.2) is 0 Å². The Morgan fingerprint density at radius 2 is 1.81 bits per heavy atom. The average Bonchev–Trinajstić information content (AvgIpc) is 2.64. The van der Waals surface area contributed by atoms with Gasteiger partial charge in [-0.3, -0.25) is 4.79 Å². The van der Waals surface area contributed by atoms with Gasteiger partial charge in [-0.25, -0.2) is 4.98 Å². The van der Waals surface area contributed by atoms with Crippen molar-refractivity contribution in [2.24, 2.45) is 0 Å². The molecule has 0 fully saturated rings. The minimum Gasteiger partial charge on any atom is -0.366 e. The summed E-state index contributed by atoms with van der Waals surface area (Å²) in [6.07, 6.45) is 1.95. The summed E-state index contributed by atoms with van der Waals surface area (Å²) in [4.78, 5) is 16.5. The van der Waals surface area contributed by atoms with Crippen LogP contribution in [0.5, 0.6) is 0 Å². The number of carbonyl (C=O) groups excluding carboxylic acids is 1. The number of halogens is 1. The molecule has 5 heteroatoms. The number of aromatic nitrogens is 1. The van der Waals surface area contributed by atoms with E-state index in [9.17, 15) is 4.79 Å². The second-order valence-corrected chi connectivity index (χ2v) is 6.50. The second-order valence-electron chi connectivity index (χ2n) is 6.06. The van der Waals surface area contributed by atoms with Crippen molar-refractivity contribution in [1.82, 2.24) is 4.98 Å². The fraction of sp³-hybridized carbons (Fsp3) is 0.143. The van der Waals surface area contributed by atoms with Crippen LogP contribution in [0.25, 0.3) is 0 Å². The molecular weight excluding hydrogens is 346 g/mol. The zero-order chi connectivity index (χ0) is 18.4. The zero-order valence-electron chi connectivity index (χ0n) is 14.5. The molecule has 132 valence electrons. The Balaban J connectivity index is 1.53. The van der Waals surface area contributed by atoms with Gasteiger partial charge >= 0.3 is 0 Å². The molecule has 0 atom stereocenters. The predicted octanol–water partition coefficient (Wildman–Crippen LogP) is 4.84. The SMILES string of the molecule is Cc1ccccc1CNc1ccc(NC(=O)Cc2ccc(Cl)cc2)cn1. The van der Waals surface area contributed by atoms with E-state index in [-0.39, 0.29) is 5.91 Å². The van der Waals surface area contributed by atoms with Crippen LogP contribution in [0.4, 0.5) is 11.5 Å². The predicted molar refractivity (Wildman–Crippen MR) is 107 cm³/mol. The van der Waals surface area contributed by atoms with Crippen molar-refractivity contribution in [2.45, 2.75) is 19.9 Å². The molecule has 2 N–H and O–H groups in total. The highest BCUT2D eigenvalue weighted by atomic mass is 35.5. The molecule has 1 amide bonds. The minimum atomic E-state index is -0.0882. The van der Waals surface area contributed by atoms with E-state index in [0.29, 0.717) is 23.7 Å². The fourth-order valence-electron chi connectivity index (χ4n) is 2.56. The van der Waals surface area contributed by atoms with Crippen LogP contribution < -0.4 is 10.6 Å². The van der Waals surface area contributed by atoms with Crippen LogP contribution in [0.2, 0.25) is 5.02 Å². The Morgan fingerprint density at radius 1 is 1.04 bits per heavy atom. The molecule has 0 saturated carbocycles. The van der Waals surface area contributed by atoms with Crippen molar-refractivity contribution in [2.75, 3.05) is 10.6 Å². The Labute approximate surface area is 158 Å². The van der Waals surface area contributed by atoms with Gasteiger partial charge in [-0.2, -0.15) is 0 Å². The van der Waals surface area contributed by atoms with Crippen molar-refractivity contribution in [3.05, 3.63) is 88.6 Å². The van der Waals surface area contributed by atoms with E-state index in [1.54, 1.807) is 18.3 Å². The third kappa shape index (κ3) is 5.07. The van der Waals surface area contributed by atoms with Crippen molar-refractivity contribution in [3.63, 3.8) is 0 Å². The summed E-state index contributed by atoms with van der Waals surface area (Å²) >= 11 is 5.85. The Morgan fingerprint density at radius 3 is 2.50 bits per heavy atom. The van der Waals surface area contributed by atoms with Gasteiger partial charge in [-0.15, -0.1) is 0 Å². The molecule has 0 bridgehead atoms. The highest BCUT2D eigenvalue weighted by Gasteiger charge is 2.05. The maximum Gasteiger partial charge on any atom is 0.228 e. The van der Waals surface area contributed by atoms with Gasteiger partial charge in [0.1, 0.15) is 5.82 Å². The first-order valence-electron chi connectivity index (χ1n) is 8.39. The summed E-state index contributed by atoms with van der Waals surface area (Å²) < 4.78 is 0. The van der Waals surface area contributed by atoms with Gasteiger partial charge in [0.2, 0.25) is 5.91 Å². The number of carbonyl (C=O) groups is 1. The summed E-state index contributed by atoms with van der Waals surface area (Å²) in [5, 5.41) is 6.80. The third-order valence-electron chi connectivity index (χ3n) is 4.05. The zero-order valence-corrected chi connectivity index (χ0v) is 15.3. The minimum absolute atomic E-state index is 0.0882. The molecule has 1 heterocycles. The van der Waals surface area contributed by atoms with Crippen molar-refractivity contribution < 1.29 is 4.79 Å². The molecular formula is C21H20ClN3O. The van der Waals surface area contributed by atoms with Gasteiger partial charge in [0, 0.05) is 11.6 Å².